The van der Waals surface area contributed by atoms with Crippen LogP contribution in [0.2, 0.25) is 0 Å². The van der Waals surface area contributed by atoms with E-state index < -0.39 is 0 Å². The van der Waals surface area contributed by atoms with Crippen molar-refractivity contribution in [3.63, 3.8) is 0 Å². The van der Waals surface area contributed by atoms with Crippen molar-refractivity contribution in [2.24, 2.45) is 5.41 Å². The van der Waals surface area contributed by atoms with E-state index in [9.17, 15) is 5.11 Å². The lowest BCUT2D eigenvalue weighted by atomic mass is 9.64. The van der Waals surface area contributed by atoms with E-state index in [1.54, 1.807) is 18.4 Å². The largest absolute Gasteiger partial charge is 0.480 e. The molecular formula is C13H19N3O2S. The fourth-order valence-electron chi connectivity index (χ4n) is 2.61. The van der Waals surface area contributed by atoms with Gasteiger partial charge < -0.3 is 15.2 Å². The van der Waals surface area contributed by atoms with Gasteiger partial charge in [0.15, 0.2) is 4.96 Å². The van der Waals surface area contributed by atoms with E-state index in [1.165, 1.54) is 0 Å². The molecule has 0 amide bonds. The van der Waals surface area contributed by atoms with Gasteiger partial charge in [-0.2, -0.15) is 4.98 Å². The third kappa shape index (κ3) is 1.94. The monoisotopic (exact) mass is 281 g/mol. The van der Waals surface area contributed by atoms with Gasteiger partial charge in [-0.3, -0.25) is 4.40 Å². The molecule has 5 nitrogen and oxygen atoms in total. The summed E-state index contributed by atoms with van der Waals surface area (Å²) >= 11 is 1.60. The molecule has 6 heteroatoms. The highest BCUT2D eigenvalue weighted by Gasteiger charge is 2.46. The van der Waals surface area contributed by atoms with Gasteiger partial charge in [-0.05, 0) is 6.42 Å². The van der Waals surface area contributed by atoms with Gasteiger partial charge in [0.2, 0.25) is 5.88 Å². The molecule has 2 atom stereocenters. The van der Waals surface area contributed by atoms with E-state index in [-0.39, 0.29) is 11.5 Å². The highest BCUT2D eigenvalue weighted by Crippen LogP contribution is 2.40. The molecule has 3 rings (SSSR count). The average Bonchev–Trinajstić information content (AvgIpc) is 2.95. The Bertz CT molecular complexity index is 590. The summed E-state index contributed by atoms with van der Waals surface area (Å²) < 4.78 is 7.39. The molecule has 0 radical (unpaired) electrons. The van der Waals surface area contributed by atoms with Gasteiger partial charge in [-0.25, -0.2) is 0 Å². The van der Waals surface area contributed by atoms with Crippen molar-refractivity contribution in [2.45, 2.75) is 39.0 Å². The highest BCUT2D eigenvalue weighted by molar-refractivity contribution is 7.15. The van der Waals surface area contributed by atoms with Crippen molar-refractivity contribution in [1.82, 2.24) is 14.7 Å². The highest BCUT2D eigenvalue weighted by atomic mass is 32.1. The van der Waals surface area contributed by atoms with E-state index in [2.05, 4.69) is 28.5 Å². The summed E-state index contributed by atoms with van der Waals surface area (Å²) in [5.41, 5.74) is 0.974. The number of nitrogens with zero attached hydrogens (tertiary/aromatic N) is 2. The molecule has 0 saturated heterocycles. The number of rotatable bonds is 4. The van der Waals surface area contributed by atoms with Gasteiger partial charge in [0.25, 0.3) is 0 Å². The molecule has 104 valence electrons. The van der Waals surface area contributed by atoms with Crippen LogP contribution in [0.1, 0.15) is 26.0 Å². The number of nitrogens with one attached hydrogen (secondary N) is 1. The predicted molar refractivity (Wildman–Crippen MR) is 74.7 cm³/mol. The minimum absolute atomic E-state index is 0.0638. The topological polar surface area (TPSA) is 58.8 Å². The summed E-state index contributed by atoms with van der Waals surface area (Å²) in [6.07, 6.45) is 2.60. The van der Waals surface area contributed by atoms with Crippen molar-refractivity contribution in [1.29, 1.82) is 0 Å². The lowest BCUT2D eigenvalue weighted by molar-refractivity contribution is -0.0731. The molecule has 2 aromatic rings. The zero-order valence-electron chi connectivity index (χ0n) is 11.4. The van der Waals surface area contributed by atoms with Gasteiger partial charge in [-0.15, -0.1) is 11.3 Å². The first-order valence-electron chi connectivity index (χ1n) is 6.44. The molecule has 1 fully saturated rings. The Balaban J connectivity index is 1.76. The summed E-state index contributed by atoms with van der Waals surface area (Å²) in [6, 6.07) is 0.330. The maximum absolute atomic E-state index is 9.76. The SMILES string of the molecule is COc1nc2sccn2c1CNC1CC(O)C1(C)C. The summed E-state index contributed by atoms with van der Waals surface area (Å²) in [5.74, 6) is 0.678. The first-order chi connectivity index (χ1) is 9.04. The van der Waals surface area contributed by atoms with Gasteiger partial charge in [0.05, 0.1) is 13.2 Å². The number of methoxy groups -OCH3 is 1. The summed E-state index contributed by atoms with van der Waals surface area (Å²) in [6.45, 7) is 4.88. The fourth-order valence-corrected chi connectivity index (χ4v) is 3.33. The summed E-state index contributed by atoms with van der Waals surface area (Å²) in [7, 11) is 1.65. The third-order valence-corrected chi connectivity index (χ3v) is 5.01. The smallest absolute Gasteiger partial charge is 0.237 e. The van der Waals surface area contributed by atoms with Gasteiger partial charge >= 0.3 is 0 Å². The predicted octanol–water partition coefficient (Wildman–Crippen LogP) is 1.65. The second-order valence-corrected chi connectivity index (χ2v) is 6.50. The molecule has 19 heavy (non-hydrogen) atoms. The molecule has 2 N–H and O–H groups in total. The molecule has 1 saturated carbocycles. The summed E-state index contributed by atoms with van der Waals surface area (Å²) in [4.78, 5) is 5.38. The number of thiazole rings is 1. The molecular weight excluding hydrogens is 262 g/mol. The number of hydrogen-bond acceptors (Lipinski definition) is 5. The van der Waals surface area contributed by atoms with Crippen LogP contribution in [0.4, 0.5) is 0 Å². The first kappa shape index (κ1) is 12.9. The van der Waals surface area contributed by atoms with E-state index in [1.807, 2.05) is 11.6 Å². The van der Waals surface area contributed by atoms with Crippen LogP contribution >= 0.6 is 11.3 Å². The number of fused-ring (bicyclic) bond motifs is 1. The van der Waals surface area contributed by atoms with E-state index in [0.717, 1.165) is 17.1 Å². The number of aliphatic hydroxyl groups excluding tert-OH is 1. The van der Waals surface area contributed by atoms with Crippen molar-refractivity contribution >= 4 is 16.3 Å². The van der Waals surface area contributed by atoms with Crippen LogP contribution in [0.15, 0.2) is 11.6 Å². The number of aromatic nitrogens is 2. The van der Waals surface area contributed by atoms with Crippen LogP contribution in [-0.2, 0) is 6.54 Å². The van der Waals surface area contributed by atoms with Crippen molar-refractivity contribution in [3.8, 4) is 5.88 Å². The third-order valence-electron chi connectivity index (χ3n) is 4.25. The number of hydrogen-bond donors (Lipinski definition) is 2. The Morgan fingerprint density at radius 3 is 3.05 bits per heavy atom. The van der Waals surface area contributed by atoms with Crippen molar-refractivity contribution < 1.29 is 9.84 Å². The summed E-state index contributed by atoms with van der Waals surface area (Å²) in [5, 5.41) is 15.3. The lowest BCUT2D eigenvalue weighted by Crippen LogP contribution is -2.59. The van der Waals surface area contributed by atoms with Gasteiger partial charge in [0, 0.05) is 29.6 Å². The quantitative estimate of drug-likeness (QED) is 0.895. The number of ether oxygens (including phenoxy) is 1. The van der Waals surface area contributed by atoms with Crippen molar-refractivity contribution in [2.75, 3.05) is 7.11 Å². The maximum atomic E-state index is 9.76. The molecule has 2 aromatic heterocycles. The van der Waals surface area contributed by atoms with Gasteiger partial charge in [0.1, 0.15) is 5.69 Å². The normalized spacial score (nSPS) is 25.5. The molecule has 1 aliphatic carbocycles. The molecule has 2 unspecified atom stereocenters. The number of imidazole rings is 1. The van der Waals surface area contributed by atoms with Crippen LogP contribution in [0.5, 0.6) is 5.88 Å². The second-order valence-electron chi connectivity index (χ2n) is 5.63. The minimum atomic E-state index is -0.210. The fraction of sp³-hybridized carbons (Fsp3) is 0.615. The number of aliphatic hydroxyl groups is 1. The molecule has 0 bridgehead atoms. The Labute approximate surface area is 116 Å². The lowest BCUT2D eigenvalue weighted by Gasteiger charge is -2.49. The van der Waals surface area contributed by atoms with Crippen LogP contribution in [-0.4, -0.2) is 33.7 Å². The van der Waals surface area contributed by atoms with E-state index in [4.69, 9.17) is 4.74 Å². The Morgan fingerprint density at radius 1 is 1.63 bits per heavy atom. The zero-order chi connectivity index (χ0) is 13.6. The second kappa shape index (κ2) is 4.47. The molecule has 0 aromatic carbocycles. The van der Waals surface area contributed by atoms with Gasteiger partial charge in [-0.1, -0.05) is 13.8 Å². The Hall–Kier alpha value is -1.11. The molecule has 1 aliphatic rings. The van der Waals surface area contributed by atoms with Crippen LogP contribution in [0.3, 0.4) is 0 Å². The van der Waals surface area contributed by atoms with E-state index in [0.29, 0.717) is 18.5 Å². The van der Waals surface area contributed by atoms with Crippen LogP contribution in [0, 0.1) is 5.41 Å². The average molecular weight is 281 g/mol. The van der Waals surface area contributed by atoms with Crippen molar-refractivity contribution in [3.05, 3.63) is 17.3 Å². The molecule has 0 aliphatic heterocycles. The van der Waals surface area contributed by atoms with Crippen LogP contribution in [0.25, 0.3) is 4.96 Å². The Kier molecular flexibility index (Phi) is 3.03. The van der Waals surface area contributed by atoms with E-state index >= 15 is 0 Å². The Morgan fingerprint density at radius 2 is 2.42 bits per heavy atom. The minimum Gasteiger partial charge on any atom is -0.480 e. The standard InChI is InChI=1S/C13H19N3O2S/c1-13(2)9(6-10(13)17)14-7-8-11(18-3)15-12-16(8)4-5-19-12/h4-5,9-10,14,17H,6-7H2,1-3H3. The first-order valence-corrected chi connectivity index (χ1v) is 7.32. The molecule has 2 heterocycles. The zero-order valence-corrected chi connectivity index (χ0v) is 12.2. The van der Waals surface area contributed by atoms with Crippen LogP contribution < -0.4 is 10.1 Å². The molecule has 0 spiro atoms. The maximum Gasteiger partial charge on any atom is 0.237 e.